The first-order valence-corrected chi connectivity index (χ1v) is 8.29. The van der Waals surface area contributed by atoms with E-state index in [1.807, 2.05) is 30.0 Å². The van der Waals surface area contributed by atoms with Gasteiger partial charge in [-0.2, -0.15) is 12.6 Å². The van der Waals surface area contributed by atoms with Gasteiger partial charge in [0.1, 0.15) is 0 Å². The van der Waals surface area contributed by atoms with Crippen LogP contribution >= 0.6 is 47.6 Å². The lowest BCUT2D eigenvalue weighted by atomic mass is 9.84. The number of thiol groups is 1. The molecule has 0 amide bonds. The quantitative estimate of drug-likeness (QED) is 0.629. The van der Waals surface area contributed by atoms with Crippen LogP contribution in [0.1, 0.15) is 12.8 Å². The minimum atomic E-state index is 0.290. The molecule has 0 bridgehead atoms. The Morgan fingerprint density at radius 2 is 1.94 bits per heavy atom. The molecule has 1 nitrogen and oxygen atoms in total. The van der Waals surface area contributed by atoms with Crippen molar-refractivity contribution >= 4 is 47.6 Å². The minimum absolute atomic E-state index is 0.290. The lowest BCUT2D eigenvalue weighted by molar-refractivity contribution is 0.0371. The van der Waals surface area contributed by atoms with Gasteiger partial charge in [0.25, 0.3) is 0 Å². The van der Waals surface area contributed by atoms with E-state index in [-0.39, 0.29) is 5.41 Å². The number of benzene rings is 1. The van der Waals surface area contributed by atoms with E-state index in [0.29, 0.717) is 10.0 Å². The summed E-state index contributed by atoms with van der Waals surface area (Å²) in [5.41, 5.74) is 0.290. The molecule has 100 valence electrons. The van der Waals surface area contributed by atoms with E-state index >= 15 is 0 Å². The standard InChI is InChI=1S/C13H16Cl2OS2/c14-11-2-1-10(7-12(11)15)18-9-13(8-17)3-5-16-6-4-13/h1-2,7,17H,3-6,8-9H2. The molecule has 18 heavy (non-hydrogen) atoms. The van der Waals surface area contributed by atoms with Crippen LogP contribution in [0.3, 0.4) is 0 Å². The van der Waals surface area contributed by atoms with Gasteiger partial charge >= 0.3 is 0 Å². The molecule has 0 spiro atoms. The third-order valence-electron chi connectivity index (χ3n) is 3.32. The van der Waals surface area contributed by atoms with Crippen molar-refractivity contribution in [2.45, 2.75) is 17.7 Å². The maximum absolute atomic E-state index is 6.02. The summed E-state index contributed by atoms with van der Waals surface area (Å²) in [4.78, 5) is 1.16. The molecule has 0 atom stereocenters. The van der Waals surface area contributed by atoms with Crippen LogP contribution in [0.25, 0.3) is 0 Å². The zero-order valence-corrected chi connectivity index (χ0v) is 13.2. The summed E-state index contributed by atoms with van der Waals surface area (Å²) in [5.74, 6) is 1.96. The topological polar surface area (TPSA) is 9.23 Å². The number of thioether (sulfide) groups is 1. The molecular weight excluding hydrogens is 307 g/mol. The Kier molecular flexibility index (Phi) is 5.58. The summed E-state index contributed by atoms with van der Waals surface area (Å²) in [7, 11) is 0. The second-order valence-electron chi connectivity index (χ2n) is 4.64. The van der Waals surface area contributed by atoms with Gasteiger partial charge in [0.15, 0.2) is 0 Å². The molecule has 1 aliphatic rings. The molecule has 1 fully saturated rings. The summed E-state index contributed by atoms with van der Waals surface area (Å²) in [5, 5.41) is 1.23. The Hall–Kier alpha value is 0.460. The predicted molar refractivity (Wildman–Crippen MR) is 83.5 cm³/mol. The van der Waals surface area contributed by atoms with Gasteiger partial charge < -0.3 is 4.74 Å². The van der Waals surface area contributed by atoms with Crippen molar-refractivity contribution in [3.05, 3.63) is 28.2 Å². The van der Waals surface area contributed by atoms with E-state index in [9.17, 15) is 0 Å². The lowest BCUT2D eigenvalue weighted by Crippen LogP contribution is -2.33. The van der Waals surface area contributed by atoms with Crippen LogP contribution in [-0.2, 0) is 4.74 Å². The second kappa shape index (κ2) is 6.76. The Labute approximate surface area is 128 Å². The molecule has 0 saturated carbocycles. The third-order valence-corrected chi connectivity index (χ3v) is 6.08. The van der Waals surface area contributed by atoms with Crippen molar-refractivity contribution in [2.75, 3.05) is 24.7 Å². The van der Waals surface area contributed by atoms with E-state index in [2.05, 4.69) is 12.6 Å². The molecule has 0 N–H and O–H groups in total. The minimum Gasteiger partial charge on any atom is -0.381 e. The SMILES string of the molecule is SCC1(CSc2ccc(Cl)c(Cl)c2)CCOCC1. The fourth-order valence-corrected chi connectivity index (χ4v) is 4.13. The van der Waals surface area contributed by atoms with Crippen molar-refractivity contribution in [1.29, 1.82) is 0 Å². The van der Waals surface area contributed by atoms with Crippen LogP contribution in [0.5, 0.6) is 0 Å². The van der Waals surface area contributed by atoms with Gasteiger partial charge in [0, 0.05) is 23.9 Å². The Balaban J connectivity index is 1.98. The van der Waals surface area contributed by atoms with Crippen LogP contribution in [-0.4, -0.2) is 24.7 Å². The molecule has 1 heterocycles. The van der Waals surface area contributed by atoms with Crippen LogP contribution in [0.15, 0.2) is 23.1 Å². The summed E-state index contributed by atoms with van der Waals surface area (Å²) < 4.78 is 5.43. The molecule has 0 aromatic heterocycles. The van der Waals surface area contributed by atoms with Gasteiger partial charge in [0.2, 0.25) is 0 Å². The molecule has 1 saturated heterocycles. The predicted octanol–water partition coefficient (Wildman–Crippen LogP) is 4.81. The number of ether oxygens (including phenoxy) is 1. The molecule has 1 aromatic rings. The molecule has 0 aliphatic carbocycles. The third kappa shape index (κ3) is 3.73. The monoisotopic (exact) mass is 322 g/mol. The summed E-state index contributed by atoms with van der Waals surface area (Å²) >= 11 is 18.3. The molecule has 0 radical (unpaired) electrons. The average molecular weight is 323 g/mol. The van der Waals surface area contributed by atoms with Crippen LogP contribution in [0, 0.1) is 5.41 Å². The van der Waals surface area contributed by atoms with E-state index in [1.165, 1.54) is 0 Å². The fourth-order valence-electron chi connectivity index (χ4n) is 1.96. The molecule has 2 rings (SSSR count). The lowest BCUT2D eigenvalue weighted by Gasteiger charge is -2.35. The van der Waals surface area contributed by atoms with Gasteiger partial charge in [-0.05, 0) is 42.2 Å². The van der Waals surface area contributed by atoms with Gasteiger partial charge in [-0.25, -0.2) is 0 Å². The number of hydrogen-bond acceptors (Lipinski definition) is 3. The van der Waals surface area contributed by atoms with E-state index in [0.717, 1.165) is 42.5 Å². The summed E-state index contributed by atoms with van der Waals surface area (Å²) in [6.07, 6.45) is 2.18. The molecule has 5 heteroatoms. The molecule has 1 aromatic carbocycles. The van der Waals surface area contributed by atoms with Crippen molar-refractivity contribution in [2.24, 2.45) is 5.41 Å². The number of hydrogen-bond donors (Lipinski definition) is 1. The first-order chi connectivity index (χ1) is 8.65. The first-order valence-electron chi connectivity index (χ1n) is 5.92. The largest absolute Gasteiger partial charge is 0.381 e. The Morgan fingerprint density at radius 3 is 2.56 bits per heavy atom. The smallest absolute Gasteiger partial charge is 0.0603 e. The fraction of sp³-hybridized carbons (Fsp3) is 0.538. The molecule has 0 unspecified atom stereocenters. The molecular formula is C13H16Cl2OS2. The van der Waals surface area contributed by atoms with Crippen molar-refractivity contribution in [3.8, 4) is 0 Å². The highest BCUT2D eigenvalue weighted by Crippen LogP contribution is 2.38. The maximum Gasteiger partial charge on any atom is 0.0603 e. The van der Waals surface area contributed by atoms with E-state index < -0.39 is 0 Å². The summed E-state index contributed by atoms with van der Waals surface area (Å²) in [6, 6.07) is 5.80. The van der Waals surface area contributed by atoms with Crippen LogP contribution in [0.2, 0.25) is 10.0 Å². The first kappa shape index (κ1) is 14.9. The summed E-state index contributed by atoms with van der Waals surface area (Å²) in [6.45, 7) is 1.70. The van der Waals surface area contributed by atoms with Crippen molar-refractivity contribution < 1.29 is 4.74 Å². The van der Waals surface area contributed by atoms with Gasteiger partial charge in [-0.1, -0.05) is 23.2 Å². The zero-order chi connectivity index (χ0) is 13.0. The van der Waals surface area contributed by atoms with Gasteiger partial charge in [0.05, 0.1) is 10.0 Å². The normalized spacial score (nSPS) is 18.8. The average Bonchev–Trinajstić information content (AvgIpc) is 2.41. The van der Waals surface area contributed by atoms with Crippen LogP contribution in [0.4, 0.5) is 0 Å². The Morgan fingerprint density at radius 1 is 1.22 bits per heavy atom. The highest BCUT2D eigenvalue weighted by Gasteiger charge is 2.31. The number of rotatable bonds is 4. The van der Waals surface area contributed by atoms with Crippen molar-refractivity contribution in [3.63, 3.8) is 0 Å². The van der Waals surface area contributed by atoms with E-state index in [1.54, 1.807) is 0 Å². The number of halogens is 2. The maximum atomic E-state index is 6.02. The Bertz CT molecular complexity index is 406. The molecule has 1 aliphatic heterocycles. The van der Waals surface area contributed by atoms with Gasteiger partial charge in [-0.3, -0.25) is 0 Å². The van der Waals surface area contributed by atoms with Gasteiger partial charge in [-0.15, -0.1) is 11.8 Å². The highest BCUT2D eigenvalue weighted by molar-refractivity contribution is 7.99. The van der Waals surface area contributed by atoms with E-state index in [4.69, 9.17) is 27.9 Å². The van der Waals surface area contributed by atoms with Crippen molar-refractivity contribution in [1.82, 2.24) is 0 Å². The zero-order valence-electron chi connectivity index (χ0n) is 9.99. The highest BCUT2D eigenvalue weighted by atomic mass is 35.5. The second-order valence-corrected chi connectivity index (χ2v) is 6.81. The van der Waals surface area contributed by atoms with Crippen LogP contribution < -0.4 is 0 Å².